The Kier molecular flexibility index (Phi) is 4.02. The minimum Gasteiger partial charge on any atom is -0.454 e. The first kappa shape index (κ1) is 17.1. The molecule has 0 saturated heterocycles. The van der Waals surface area contributed by atoms with Crippen molar-refractivity contribution in [1.29, 1.82) is 0 Å². The minimum atomic E-state index is -0.497. The van der Waals surface area contributed by atoms with E-state index in [1.165, 1.54) is 6.07 Å². The fraction of sp³-hybridized carbons (Fsp3) is 0.0435. The smallest absolute Gasteiger partial charge is 0.344 e. The van der Waals surface area contributed by atoms with Crippen molar-refractivity contribution in [3.8, 4) is 28.4 Å². The van der Waals surface area contributed by atoms with Gasteiger partial charge in [0.15, 0.2) is 11.5 Å². The fourth-order valence-corrected chi connectivity index (χ4v) is 3.16. The molecule has 4 aromatic rings. The minimum absolute atomic E-state index is 0.162. The fourth-order valence-electron chi connectivity index (χ4n) is 3.16. The second-order valence-electron chi connectivity index (χ2n) is 6.47. The first-order valence-corrected chi connectivity index (χ1v) is 8.92. The zero-order valence-electron chi connectivity index (χ0n) is 15.1. The number of carbonyl (C=O) groups is 1. The van der Waals surface area contributed by atoms with Crippen LogP contribution in [0.15, 0.2) is 82.0 Å². The normalized spacial score (nSPS) is 12.1. The zero-order chi connectivity index (χ0) is 19.8. The Labute approximate surface area is 164 Å². The lowest BCUT2D eigenvalue weighted by Crippen LogP contribution is -2.08. The van der Waals surface area contributed by atoms with Gasteiger partial charge in [0.2, 0.25) is 6.79 Å². The van der Waals surface area contributed by atoms with E-state index >= 15 is 0 Å². The number of carbonyl (C=O) groups excluding carboxylic acids is 1. The van der Waals surface area contributed by atoms with Gasteiger partial charge in [-0.05, 0) is 48.0 Å². The van der Waals surface area contributed by atoms with Crippen molar-refractivity contribution in [3.63, 3.8) is 0 Å². The average molecular weight is 386 g/mol. The number of benzene rings is 3. The maximum absolute atomic E-state index is 12.5. The summed E-state index contributed by atoms with van der Waals surface area (Å²) in [6, 6.07) is 20.6. The highest BCUT2D eigenvalue weighted by Gasteiger charge is 2.16. The maximum Gasteiger partial charge on any atom is 0.344 e. The van der Waals surface area contributed by atoms with E-state index in [-0.39, 0.29) is 6.79 Å². The van der Waals surface area contributed by atoms with E-state index in [0.717, 1.165) is 0 Å². The highest BCUT2D eigenvalue weighted by atomic mass is 16.7. The third kappa shape index (κ3) is 3.21. The molecule has 1 aliphatic heterocycles. The van der Waals surface area contributed by atoms with Gasteiger partial charge in [-0.2, -0.15) is 0 Å². The van der Waals surface area contributed by atoms with E-state index in [0.29, 0.717) is 44.9 Å². The van der Waals surface area contributed by atoms with Gasteiger partial charge >= 0.3 is 11.6 Å². The molecule has 0 amide bonds. The van der Waals surface area contributed by atoms with Gasteiger partial charge in [0.05, 0.1) is 11.1 Å². The largest absolute Gasteiger partial charge is 0.454 e. The van der Waals surface area contributed by atoms with Crippen LogP contribution in [0, 0.1) is 0 Å². The number of fused-ring (bicyclic) bond motifs is 2. The molecule has 142 valence electrons. The van der Waals surface area contributed by atoms with Crippen LogP contribution in [0.5, 0.6) is 17.2 Å². The standard InChI is InChI=1S/C23H14O6/c24-22(14-4-2-1-3-5-14)28-17-8-6-16-10-18(23(25)29-20(16)12-17)15-7-9-19-21(11-15)27-13-26-19/h1-12H,13H2. The van der Waals surface area contributed by atoms with E-state index in [1.807, 2.05) is 6.07 Å². The molecule has 0 radical (unpaired) electrons. The Morgan fingerprint density at radius 3 is 2.55 bits per heavy atom. The molecule has 5 rings (SSSR count). The predicted molar refractivity (Wildman–Crippen MR) is 105 cm³/mol. The quantitative estimate of drug-likeness (QED) is 0.295. The molecule has 0 spiro atoms. The monoisotopic (exact) mass is 386 g/mol. The Balaban J connectivity index is 1.48. The second-order valence-corrected chi connectivity index (χ2v) is 6.47. The van der Waals surface area contributed by atoms with Crippen molar-refractivity contribution in [1.82, 2.24) is 0 Å². The van der Waals surface area contributed by atoms with Crippen LogP contribution in [0.3, 0.4) is 0 Å². The van der Waals surface area contributed by atoms with Crippen LogP contribution in [0.2, 0.25) is 0 Å². The summed E-state index contributed by atoms with van der Waals surface area (Å²) in [4.78, 5) is 24.8. The Morgan fingerprint density at radius 1 is 0.862 bits per heavy atom. The van der Waals surface area contributed by atoms with Crippen molar-refractivity contribution in [2.75, 3.05) is 6.79 Å². The molecule has 0 saturated carbocycles. The van der Waals surface area contributed by atoms with Crippen molar-refractivity contribution < 1.29 is 23.4 Å². The van der Waals surface area contributed by atoms with Gasteiger partial charge in [0, 0.05) is 11.5 Å². The second kappa shape index (κ2) is 6.83. The van der Waals surface area contributed by atoms with Gasteiger partial charge in [-0.1, -0.05) is 24.3 Å². The predicted octanol–water partition coefficient (Wildman–Crippen LogP) is 4.41. The first-order chi connectivity index (χ1) is 14.2. The van der Waals surface area contributed by atoms with Crippen molar-refractivity contribution in [2.24, 2.45) is 0 Å². The van der Waals surface area contributed by atoms with Crippen LogP contribution < -0.4 is 19.8 Å². The van der Waals surface area contributed by atoms with Crippen LogP contribution in [-0.2, 0) is 0 Å². The number of hydrogen-bond acceptors (Lipinski definition) is 6. The average Bonchev–Trinajstić information content (AvgIpc) is 3.21. The van der Waals surface area contributed by atoms with Crippen LogP contribution in [0.4, 0.5) is 0 Å². The van der Waals surface area contributed by atoms with E-state index in [4.69, 9.17) is 18.6 Å². The number of esters is 1. The van der Waals surface area contributed by atoms with E-state index in [2.05, 4.69) is 0 Å². The highest BCUT2D eigenvalue weighted by Crippen LogP contribution is 2.35. The molecule has 1 aromatic heterocycles. The molecule has 0 bridgehead atoms. The number of rotatable bonds is 3. The highest BCUT2D eigenvalue weighted by molar-refractivity contribution is 5.91. The molecule has 0 fully saturated rings. The van der Waals surface area contributed by atoms with Crippen LogP contribution in [-0.4, -0.2) is 12.8 Å². The zero-order valence-corrected chi connectivity index (χ0v) is 15.1. The van der Waals surface area contributed by atoms with Crippen LogP contribution in [0.25, 0.3) is 22.1 Å². The topological polar surface area (TPSA) is 75.0 Å². The molecule has 1 aliphatic rings. The molecule has 6 heteroatoms. The van der Waals surface area contributed by atoms with Gasteiger partial charge < -0.3 is 18.6 Å². The molecule has 0 atom stereocenters. The lowest BCUT2D eigenvalue weighted by Gasteiger charge is -2.07. The van der Waals surface area contributed by atoms with Crippen LogP contribution in [0.1, 0.15) is 10.4 Å². The third-order valence-corrected chi connectivity index (χ3v) is 4.61. The van der Waals surface area contributed by atoms with Crippen molar-refractivity contribution in [3.05, 3.63) is 88.8 Å². The Morgan fingerprint density at radius 2 is 1.69 bits per heavy atom. The summed E-state index contributed by atoms with van der Waals surface area (Å²) >= 11 is 0. The lowest BCUT2D eigenvalue weighted by molar-refractivity contribution is 0.0735. The lowest BCUT2D eigenvalue weighted by atomic mass is 10.1. The van der Waals surface area contributed by atoms with Gasteiger partial charge in [-0.15, -0.1) is 0 Å². The van der Waals surface area contributed by atoms with E-state index < -0.39 is 11.6 Å². The van der Waals surface area contributed by atoms with Gasteiger partial charge in [-0.3, -0.25) is 0 Å². The molecule has 2 heterocycles. The molecule has 6 nitrogen and oxygen atoms in total. The maximum atomic E-state index is 12.5. The third-order valence-electron chi connectivity index (χ3n) is 4.61. The summed E-state index contributed by atoms with van der Waals surface area (Å²) in [5, 5.41) is 0.705. The summed E-state index contributed by atoms with van der Waals surface area (Å²) in [7, 11) is 0. The van der Waals surface area contributed by atoms with Gasteiger partial charge in [-0.25, -0.2) is 9.59 Å². The molecule has 29 heavy (non-hydrogen) atoms. The summed E-state index contributed by atoms with van der Waals surface area (Å²) in [6.45, 7) is 0.162. The summed E-state index contributed by atoms with van der Waals surface area (Å²) in [6.07, 6.45) is 0. The Hall–Kier alpha value is -4.06. The van der Waals surface area contributed by atoms with Crippen molar-refractivity contribution in [2.45, 2.75) is 0 Å². The molecular formula is C23H14O6. The van der Waals surface area contributed by atoms with E-state index in [9.17, 15) is 9.59 Å². The molecular weight excluding hydrogens is 372 g/mol. The molecule has 0 N–H and O–H groups in total. The molecule has 0 aliphatic carbocycles. The van der Waals surface area contributed by atoms with Crippen LogP contribution >= 0.6 is 0 Å². The Bertz CT molecular complexity index is 1290. The molecule has 3 aromatic carbocycles. The van der Waals surface area contributed by atoms with Gasteiger partial charge in [0.1, 0.15) is 11.3 Å². The summed E-state index contributed by atoms with van der Waals surface area (Å²) in [5.74, 6) is 1.04. The summed E-state index contributed by atoms with van der Waals surface area (Å²) in [5.41, 5.74) is 1.35. The number of hydrogen-bond donors (Lipinski definition) is 0. The summed E-state index contributed by atoms with van der Waals surface area (Å²) < 4.78 is 21.5. The molecule has 0 unspecified atom stereocenters. The van der Waals surface area contributed by atoms with Crippen molar-refractivity contribution >= 4 is 16.9 Å². The number of ether oxygens (including phenoxy) is 3. The van der Waals surface area contributed by atoms with E-state index in [1.54, 1.807) is 60.7 Å². The van der Waals surface area contributed by atoms with Gasteiger partial charge in [0.25, 0.3) is 0 Å². The SMILES string of the molecule is O=C(Oc1ccc2cc(-c3ccc4c(c3)OCO4)c(=O)oc2c1)c1ccccc1. The first-order valence-electron chi connectivity index (χ1n) is 8.92.